The van der Waals surface area contributed by atoms with Crippen molar-refractivity contribution >= 4 is 33.2 Å². The van der Waals surface area contributed by atoms with Gasteiger partial charge in [0.1, 0.15) is 5.82 Å². The maximum Gasteiger partial charge on any atom is 0.234 e. The van der Waals surface area contributed by atoms with Crippen LogP contribution in [0.3, 0.4) is 0 Å². The third-order valence-electron chi connectivity index (χ3n) is 4.24. The van der Waals surface area contributed by atoms with Crippen molar-refractivity contribution in [2.24, 2.45) is 0 Å². The van der Waals surface area contributed by atoms with Crippen LogP contribution in [0.4, 0.5) is 4.39 Å². The molecule has 1 aromatic heterocycles. The van der Waals surface area contributed by atoms with E-state index in [2.05, 4.69) is 43.2 Å². The van der Waals surface area contributed by atoms with Crippen LogP contribution in [0.5, 0.6) is 0 Å². The number of nitrogens with zero attached hydrogens (tertiary/aromatic N) is 2. The lowest BCUT2D eigenvalue weighted by molar-refractivity contribution is -0.122. The van der Waals surface area contributed by atoms with Gasteiger partial charge in [-0.25, -0.2) is 4.39 Å². The number of thiophene rings is 1. The minimum absolute atomic E-state index is 0.0139. The summed E-state index contributed by atoms with van der Waals surface area (Å²) in [5.41, 5.74) is 0.904. The Balaban J connectivity index is 1.36. The number of hydrogen-bond donors (Lipinski definition) is 1. The van der Waals surface area contributed by atoms with Gasteiger partial charge in [-0.2, -0.15) is 0 Å². The van der Waals surface area contributed by atoms with Gasteiger partial charge in [-0.1, -0.05) is 12.1 Å². The number of carbonyl (C=O) groups excluding carboxylic acids is 1. The van der Waals surface area contributed by atoms with Gasteiger partial charge >= 0.3 is 0 Å². The molecular formula is C18H21BrFN3OS. The van der Waals surface area contributed by atoms with Crippen LogP contribution < -0.4 is 5.32 Å². The highest BCUT2D eigenvalue weighted by atomic mass is 79.9. The van der Waals surface area contributed by atoms with E-state index in [0.29, 0.717) is 13.1 Å². The third kappa shape index (κ3) is 5.88. The van der Waals surface area contributed by atoms with Crippen molar-refractivity contribution in [3.63, 3.8) is 0 Å². The van der Waals surface area contributed by atoms with Crippen LogP contribution in [0.25, 0.3) is 0 Å². The molecule has 134 valence electrons. The largest absolute Gasteiger partial charge is 0.351 e. The summed E-state index contributed by atoms with van der Waals surface area (Å²) in [7, 11) is 0. The molecule has 7 heteroatoms. The van der Waals surface area contributed by atoms with Gasteiger partial charge < -0.3 is 5.32 Å². The fourth-order valence-corrected chi connectivity index (χ4v) is 4.35. The van der Waals surface area contributed by atoms with Crippen LogP contribution in [0.2, 0.25) is 0 Å². The number of amides is 1. The van der Waals surface area contributed by atoms with Crippen molar-refractivity contribution in [1.29, 1.82) is 0 Å². The van der Waals surface area contributed by atoms with Crippen molar-refractivity contribution < 1.29 is 9.18 Å². The average Bonchev–Trinajstić information content (AvgIpc) is 3.01. The van der Waals surface area contributed by atoms with Crippen molar-refractivity contribution in [3.8, 4) is 0 Å². The summed E-state index contributed by atoms with van der Waals surface area (Å²) < 4.78 is 14.0. The monoisotopic (exact) mass is 425 g/mol. The molecule has 4 nitrogen and oxygen atoms in total. The van der Waals surface area contributed by atoms with Gasteiger partial charge in [-0.05, 0) is 45.8 Å². The van der Waals surface area contributed by atoms with Crippen molar-refractivity contribution in [1.82, 2.24) is 15.1 Å². The zero-order chi connectivity index (χ0) is 17.6. The van der Waals surface area contributed by atoms with E-state index < -0.39 is 0 Å². The van der Waals surface area contributed by atoms with E-state index in [-0.39, 0.29) is 11.7 Å². The molecule has 1 N–H and O–H groups in total. The van der Waals surface area contributed by atoms with E-state index in [1.807, 2.05) is 0 Å². The van der Waals surface area contributed by atoms with Crippen molar-refractivity contribution in [3.05, 3.63) is 56.4 Å². The number of nitrogens with one attached hydrogen (secondary N) is 1. The lowest BCUT2D eigenvalue weighted by atomic mass is 10.2. The highest BCUT2D eigenvalue weighted by Gasteiger charge is 2.19. The first-order valence-electron chi connectivity index (χ1n) is 8.28. The van der Waals surface area contributed by atoms with E-state index in [1.54, 1.807) is 23.5 Å². The first-order chi connectivity index (χ1) is 12.1. The Morgan fingerprint density at radius 1 is 1.08 bits per heavy atom. The first-order valence-corrected chi connectivity index (χ1v) is 9.89. The quantitative estimate of drug-likeness (QED) is 0.772. The fraction of sp³-hybridized carbons (Fsp3) is 0.389. The Hall–Kier alpha value is -1.28. The summed E-state index contributed by atoms with van der Waals surface area (Å²) in [6.45, 7) is 5.57. The molecule has 0 saturated carbocycles. The van der Waals surface area contributed by atoms with E-state index in [0.717, 1.165) is 38.3 Å². The lowest BCUT2D eigenvalue weighted by Gasteiger charge is -2.34. The molecule has 0 unspecified atom stereocenters. The molecule has 2 heterocycles. The van der Waals surface area contributed by atoms with Crippen molar-refractivity contribution in [2.75, 3.05) is 32.7 Å². The molecule has 1 aliphatic heterocycles. The predicted molar refractivity (Wildman–Crippen MR) is 102 cm³/mol. The second-order valence-corrected chi connectivity index (χ2v) is 8.71. The molecule has 1 fully saturated rings. The molecule has 0 aliphatic carbocycles. The maximum atomic E-state index is 12.9. The number of carbonyl (C=O) groups is 1. The number of halogens is 2. The topological polar surface area (TPSA) is 35.6 Å². The molecule has 3 rings (SSSR count). The Morgan fingerprint density at radius 2 is 1.76 bits per heavy atom. The van der Waals surface area contributed by atoms with Gasteiger partial charge in [-0.15, -0.1) is 11.3 Å². The maximum absolute atomic E-state index is 12.9. The zero-order valence-corrected chi connectivity index (χ0v) is 16.3. The summed E-state index contributed by atoms with van der Waals surface area (Å²) >= 11 is 5.27. The summed E-state index contributed by atoms with van der Waals surface area (Å²) in [5.74, 6) is -0.247. The number of rotatable bonds is 6. The van der Waals surface area contributed by atoms with Gasteiger partial charge in [-0.3, -0.25) is 14.6 Å². The number of benzene rings is 1. The van der Waals surface area contributed by atoms with Gasteiger partial charge in [0.05, 0.1) is 10.3 Å². The van der Waals surface area contributed by atoms with Crippen LogP contribution in [0.1, 0.15) is 10.4 Å². The van der Waals surface area contributed by atoms with Gasteiger partial charge in [0, 0.05) is 44.1 Å². The van der Waals surface area contributed by atoms with Gasteiger partial charge in [0.2, 0.25) is 5.91 Å². The van der Waals surface area contributed by atoms with E-state index in [1.165, 1.54) is 20.8 Å². The smallest absolute Gasteiger partial charge is 0.234 e. The summed E-state index contributed by atoms with van der Waals surface area (Å²) in [6.07, 6.45) is 0. The third-order valence-corrected chi connectivity index (χ3v) is 5.85. The Labute approximate surface area is 159 Å². The van der Waals surface area contributed by atoms with E-state index >= 15 is 0 Å². The van der Waals surface area contributed by atoms with Crippen LogP contribution in [-0.4, -0.2) is 48.4 Å². The Kier molecular flexibility index (Phi) is 6.58. The standard InChI is InChI=1S/C18H21BrFN3OS/c19-17-6-5-16(25-17)12-22-7-9-23(10-8-22)13-18(24)21-11-14-1-3-15(20)4-2-14/h1-6H,7-13H2,(H,21,24). The second-order valence-electron chi connectivity index (χ2n) is 6.16. The Bertz CT molecular complexity index is 699. The predicted octanol–water partition coefficient (Wildman–Crippen LogP) is 3.08. The SMILES string of the molecule is O=C(CN1CCN(Cc2ccc(Br)s2)CC1)NCc1ccc(F)cc1. The molecule has 0 atom stereocenters. The fourth-order valence-electron chi connectivity index (χ4n) is 2.82. The zero-order valence-electron chi connectivity index (χ0n) is 13.9. The van der Waals surface area contributed by atoms with Crippen LogP contribution >= 0.6 is 27.3 Å². The van der Waals surface area contributed by atoms with E-state index in [4.69, 9.17) is 0 Å². The molecule has 0 spiro atoms. The minimum Gasteiger partial charge on any atom is -0.351 e. The summed E-state index contributed by atoms with van der Waals surface area (Å²) in [6, 6.07) is 10.4. The number of hydrogen-bond acceptors (Lipinski definition) is 4. The second kappa shape index (κ2) is 8.89. The average molecular weight is 426 g/mol. The first kappa shape index (κ1) is 18.5. The van der Waals surface area contributed by atoms with Crippen LogP contribution in [0, 0.1) is 5.82 Å². The van der Waals surface area contributed by atoms with Crippen LogP contribution in [0.15, 0.2) is 40.2 Å². The highest BCUT2D eigenvalue weighted by Crippen LogP contribution is 2.23. The van der Waals surface area contributed by atoms with Gasteiger partial charge in [0.15, 0.2) is 0 Å². The Morgan fingerprint density at radius 3 is 2.40 bits per heavy atom. The summed E-state index contributed by atoms with van der Waals surface area (Å²) in [5, 5.41) is 2.90. The molecule has 1 aliphatic rings. The minimum atomic E-state index is -0.261. The summed E-state index contributed by atoms with van der Waals surface area (Å²) in [4.78, 5) is 18.0. The normalized spacial score (nSPS) is 16.1. The molecule has 1 amide bonds. The van der Waals surface area contributed by atoms with Gasteiger partial charge in [0.25, 0.3) is 0 Å². The lowest BCUT2D eigenvalue weighted by Crippen LogP contribution is -2.48. The molecule has 0 bridgehead atoms. The molecule has 25 heavy (non-hydrogen) atoms. The van der Waals surface area contributed by atoms with Crippen molar-refractivity contribution in [2.45, 2.75) is 13.1 Å². The molecule has 1 saturated heterocycles. The molecule has 1 aromatic carbocycles. The molecule has 2 aromatic rings. The van der Waals surface area contributed by atoms with Crippen LogP contribution in [-0.2, 0) is 17.9 Å². The van der Waals surface area contributed by atoms with E-state index in [9.17, 15) is 9.18 Å². The number of piperazine rings is 1. The highest BCUT2D eigenvalue weighted by molar-refractivity contribution is 9.11. The molecular weight excluding hydrogens is 405 g/mol. The molecule has 0 radical (unpaired) electrons.